The highest BCUT2D eigenvalue weighted by molar-refractivity contribution is 6.31. The molecule has 4 aromatic rings. The van der Waals surface area contributed by atoms with Gasteiger partial charge in [-0.25, -0.2) is 9.97 Å². The van der Waals surface area contributed by atoms with Crippen molar-refractivity contribution in [3.8, 4) is 0 Å². The van der Waals surface area contributed by atoms with Crippen molar-refractivity contribution >= 4 is 40.1 Å². The smallest absolute Gasteiger partial charge is 0.284 e. The number of fused-ring (bicyclic) bond motifs is 1. The van der Waals surface area contributed by atoms with Gasteiger partial charge in [0.05, 0.1) is 10.5 Å². The van der Waals surface area contributed by atoms with Crippen molar-refractivity contribution in [1.29, 1.82) is 0 Å². The number of primary amides is 1. The van der Waals surface area contributed by atoms with Crippen molar-refractivity contribution < 1.29 is 9.59 Å². The number of carbonyl (C=O) groups excluding carboxylic acids is 2. The number of amides is 2. The Morgan fingerprint density at radius 2 is 1.94 bits per heavy atom. The Kier molecular flexibility index (Phi) is 5.97. The molecule has 0 unspecified atom stereocenters. The lowest BCUT2D eigenvalue weighted by molar-refractivity contribution is 0.0946. The van der Waals surface area contributed by atoms with Gasteiger partial charge in [-0.1, -0.05) is 17.7 Å². The van der Waals surface area contributed by atoms with Crippen molar-refractivity contribution in [3.05, 3.63) is 81.7 Å². The number of aryl methyl sites for hydroxylation is 2. The molecule has 0 bridgehead atoms. The monoisotopic (exact) mass is 463 g/mol. The molecule has 3 heterocycles. The lowest BCUT2D eigenvalue weighted by atomic mass is 10.1. The average molecular weight is 464 g/mol. The van der Waals surface area contributed by atoms with Gasteiger partial charge in [0.15, 0.2) is 5.82 Å². The first-order chi connectivity index (χ1) is 15.7. The summed E-state index contributed by atoms with van der Waals surface area (Å²) in [6, 6.07) is 9.22. The molecule has 0 atom stereocenters. The molecule has 9 nitrogen and oxygen atoms in total. The molecule has 0 aliphatic rings. The number of nitrogens with two attached hydrogens (primary N) is 2. The fraction of sp³-hybridized carbons (Fsp3) is 0.174. The maximum absolute atomic E-state index is 12.8. The van der Waals surface area contributed by atoms with E-state index >= 15 is 0 Å². The molecule has 0 aliphatic carbocycles. The molecular weight excluding hydrogens is 442 g/mol. The van der Waals surface area contributed by atoms with Gasteiger partial charge in [-0.2, -0.15) is 0 Å². The quantitative estimate of drug-likeness (QED) is 0.401. The van der Waals surface area contributed by atoms with Crippen molar-refractivity contribution in [3.63, 3.8) is 0 Å². The molecule has 10 heteroatoms. The Morgan fingerprint density at radius 1 is 1.15 bits per heavy atom. The number of aromatic nitrogens is 4. The fourth-order valence-corrected chi connectivity index (χ4v) is 3.87. The van der Waals surface area contributed by atoms with Gasteiger partial charge >= 0.3 is 0 Å². The zero-order chi connectivity index (χ0) is 23.7. The third kappa shape index (κ3) is 4.78. The number of nitrogens with one attached hydrogen (secondary N) is 1. The molecule has 0 aliphatic heterocycles. The number of nitrogens with zero attached hydrogens (tertiary/aromatic N) is 4. The average Bonchev–Trinajstić information content (AvgIpc) is 3.16. The van der Waals surface area contributed by atoms with Crippen LogP contribution in [-0.2, 0) is 13.1 Å². The second kappa shape index (κ2) is 8.87. The lowest BCUT2D eigenvalue weighted by Crippen LogP contribution is -2.24. The van der Waals surface area contributed by atoms with Crippen LogP contribution in [0.1, 0.15) is 43.5 Å². The van der Waals surface area contributed by atoms with Crippen LogP contribution >= 0.6 is 11.6 Å². The summed E-state index contributed by atoms with van der Waals surface area (Å²) in [6.45, 7) is 4.28. The molecule has 0 saturated carbocycles. The summed E-state index contributed by atoms with van der Waals surface area (Å²) in [5, 5.41) is 4.21. The van der Waals surface area contributed by atoms with Crippen LogP contribution in [0.25, 0.3) is 10.9 Å². The number of nitrogen functional groups attached to an aromatic ring is 1. The number of imidazole rings is 1. The van der Waals surface area contributed by atoms with Gasteiger partial charge in [0.2, 0.25) is 0 Å². The molecule has 0 fully saturated rings. The Labute approximate surface area is 194 Å². The summed E-state index contributed by atoms with van der Waals surface area (Å²) in [5.41, 5.74) is 15.6. The molecule has 0 saturated heterocycles. The van der Waals surface area contributed by atoms with Crippen molar-refractivity contribution in [1.82, 2.24) is 24.8 Å². The fourth-order valence-electron chi connectivity index (χ4n) is 3.71. The topological polar surface area (TPSA) is 142 Å². The van der Waals surface area contributed by atoms with Gasteiger partial charge in [-0.15, -0.1) is 0 Å². The normalized spacial score (nSPS) is 11.0. The zero-order valence-electron chi connectivity index (χ0n) is 18.1. The van der Waals surface area contributed by atoms with Gasteiger partial charge in [-0.3, -0.25) is 14.6 Å². The number of hydrogen-bond acceptors (Lipinski definition) is 6. The van der Waals surface area contributed by atoms with E-state index in [2.05, 4.69) is 20.3 Å². The molecule has 0 spiro atoms. The minimum Gasteiger partial charge on any atom is -0.384 e. The predicted molar refractivity (Wildman–Crippen MR) is 126 cm³/mol. The molecule has 0 radical (unpaired) electrons. The first-order valence-corrected chi connectivity index (χ1v) is 10.5. The molecule has 168 valence electrons. The van der Waals surface area contributed by atoms with E-state index in [9.17, 15) is 9.59 Å². The Hall–Kier alpha value is -3.98. The van der Waals surface area contributed by atoms with E-state index in [0.717, 1.165) is 33.3 Å². The summed E-state index contributed by atoms with van der Waals surface area (Å²) in [5.74, 6) is -0.738. The number of anilines is 1. The summed E-state index contributed by atoms with van der Waals surface area (Å²) in [7, 11) is 0. The van der Waals surface area contributed by atoms with Gasteiger partial charge in [-0.05, 0) is 54.8 Å². The highest BCUT2D eigenvalue weighted by Crippen LogP contribution is 2.20. The largest absolute Gasteiger partial charge is 0.384 e. The number of pyridine rings is 2. The van der Waals surface area contributed by atoms with E-state index < -0.39 is 11.8 Å². The highest BCUT2D eigenvalue weighted by Gasteiger charge is 2.18. The van der Waals surface area contributed by atoms with Crippen molar-refractivity contribution in [2.75, 3.05) is 5.73 Å². The second-order valence-corrected chi connectivity index (χ2v) is 8.17. The molecular formula is C23H22ClN7O2. The zero-order valence-corrected chi connectivity index (χ0v) is 18.8. The van der Waals surface area contributed by atoms with E-state index in [4.69, 9.17) is 23.1 Å². The minimum atomic E-state index is -0.728. The molecule has 33 heavy (non-hydrogen) atoms. The van der Waals surface area contributed by atoms with Crippen LogP contribution < -0.4 is 16.8 Å². The third-order valence-corrected chi connectivity index (χ3v) is 5.50. The third-order valence-electron chi connectivity index (χ3n) is 5.29. The Bertz CT molecular complexity index is 1370. The van der Waals surface area contributed by atoms with Crippen molar-refractivity contribution in [2.24, 2.45) is 5.73 Å². The van der Waals surface area contributed by atoms with Gasteiger partial charge in [0.25, 0.3) is 11.8 Å². The number of rotatable bonds is 6. The lowest BCUT2D eigenvalue weighted by Gasteiger charge is -2.10. The van der Waals surface area contributed by atoms with Crippen LogP contribution in [0.3, 0.4) is 0 Å². The molecule has 5 N–H and O–H groups in total. The summed E-state index contributed by atoms with van der Waals surface area (Å²) in [6.07, 6.45) is 3.09. The predicted octanol–water partition coefficient (Wildman–Crippen LogP) is 2.76. The number of hydrogen-bond donors (Lipinski definition) is 3. The number of benzene rings is 1. The van der Waals surface area contributed by atoms with E-state index in [1.54, 1.807) is 16.8 Å². The molecule has 2 amide bonds. The van der Waals surface area contributed by atoms with Crippen molar-refractivity contribution in [2.45, 2.75) is 26.9 Å². The Morgan fingerprint density at radius 3 is 2.67 bits per heavy atom. The highest BCUT2D eigenvalue weighted by atomic mass is 35.5. The molecule has 1 aromatic carbocycles. The SMILES string of the molecule is Cc1cc(N)nc(C)c1CNC(=O)c1cn(Cc2ccc3ncc(Cl)cc3c2)c(C(N)=O)n1. The number of halogens is 1. The second-order valence-electron chi connectivity index (χ2n) is 7.73. The van der Waals surface area contributed by atoms with Crippen LogP contribution in [0.4, 0.5) is 5.82 Å². The minimum absolute atomic E-state index is 0.00835. The van der Waals surface area contributed by atoms with Gasteiger partial charge in [0, 0.05) is 36.6 Å². The first kappa shape index (κ1) is 22.2. The van der Waals surface area contributed by atoms with E-state index in [0.29, 0.717) is 17.4 Å². The number of carbonyl (C=O) groups is 2. The Balaban J connectivity index is 1.56. The van der Waals surface area contributed by atoms with Crippen LogP contribution in [0.15, 0.2) is 42.7 Å². The van der Waals surface area contributed by atoms with E-state index in [1.165, 1.54) is 6.20 Å². The summed E-state index contributed by atoms with van der Waals surface area (Å²) < 4.78 is 1.55. The van der Waals surface area contributed by atoms with Crippen LogP contribution in [0.2, 0.25) is 5.02 Å². The van der Waals surface area contributed by atoms with Gasteiger partial charge < -0.3 is 21.4 Å². The van der Waals surface area contributed by atoms with E-state index in [1.807, 2.05) is 38.1 Å². The van der Waals surface area contributed by atoms with E-state index in [-0.39, 0.29) is 18.1 Å². The summed E-state index contributed by atoms with van der Waals surface area (Å²) >= 11 is 6.04. The van der Waals surface area contributed by atoms with Crippen LogP contribution in [-0.4, -0.2) is 31.3 Å². The maximum Gasteiger partial charge on any atom is 0.284 e. The molecule has 4 rings (SSSR count). The molecule has 3 aromatic heterocycles. The van der Waals surface area contributed by atoms with Crippen LogP contribution in [0, 0.1) is 13.8 Å². The standard InChI is InChI=1S/C23H22ClN7O2/c1-12-5-20(25)29-13(2)17(12)9-28-23(33)19-11-31(22(30-19)21(26)32)10-14-3-4-18-15(6-14)7-16(24)8-27-18/h3-8,11H,9-10H2,1-2H3,(H2,25,29)(H2,26,32)(H,28,33). The van der Waals surface area contributed by atoms with Crippen LogP contribution in [0.5, 0.6) is 0 Å². The van der Waals surface area contributed by atoms with Gasteiger partial charge in [0.1, 0.15) is 11.5 Å². The maximum atomic E-state index is 12.8. The first-order valence-electron chi connectivity index (χ1n) is 10.1. The summed E-state index contributed by atoms with van der Waals surface area (Å²) in [4.78, 5) is 37.4.